The van der Waals surface area contributed by atoms with Crippen molar-refractivity contribution in [2.24, 2.45) is 4.99 Å². The molecule has 1 heterocycles. The van der Waals surface area contributed by atoms with Gasteiger partial charge in [0.05, 0.1) is 4.92 Å². The van der Waals surface area contributed by atoms with Crippen LogP contribution in [0.4, 0.5) is 5.69 Å². The highest BCUT2D eigenvalue weighted by atomic mass is 16.6. The Morgan fingerprint density at radius 1 is 1.64 bits per heavy atom. The highest BCUT2D eigenvalue weighted by Gasteiger charge is 2.19. The van der Waals surface area contributed by atoms with Crippen LogP contribution in [0, 0.1) is 10.1 Å². The molecule has 7 nitrogen and oxygen atoms in total. The molecule has 14 heavy (non-hydrogen) atoms. The van der Waals surface area contributed by atoms with Crippen LogP contribution in [0.5, 0.6) is 0 Å². The van der Waals surface area contributed by atoms with Crippen LogP contribution in [0.25, 0.3) is 0 Å². The Labute approximate surface area is 77.3 Å². The van der Waals surface area contributed by atoms with Crippen LogP contribution in [0.3, 0.4) is 0 Å². The lowest BCUT2D eigenvalue weighted by molar-refractivity contribution is -0.385. The van der Waals surface area contributed by atoms with E-state index in [9.17, 15) is 19.7 Å². The van der Waals surface area contributed by atoms with Gasteiger partial charge in [0.2, 0.25) is 6.08 Å². The zero-order valence-electron chi connectivity index (χ0n) is 6.71. The third kappa shape index (κ3) is 1.85. The number of pyridine rings is 1. The predicted octanol–water partition coefficient (Wildman–Crippen LogP) is 0.466. The van der Waals surface area contributed by atoms with E-state index in [1.54, 1.807) is 0 Å². The van der Waals surface area contributed by atoms with Crippen LogP contribution in [0.2, 0.25) is 0 Å². The van der Waals surface area contributed by atoms with Crippen molar-refractivity contribution in [1.82, 2.24) is 4.98 Å². The summed E-state index contributed by atoms with van der Waals surface area (Å²) >= 11 is 0. The van der Waals surface area contributed by atoms with Crippen LogP contribution < -0.4 is 0 Å². The summed E-state index contributed by atoms with van der Waals surface area (Å²) in [6.07, 6.45) is 3.12. The maximum Gasteiger partial charge on any atom is 0.300 e. The van der Waals surface area contributed by atoms with E-state index >= 15 is 0 Å². The van der Waals surface area contributed by atoms with Crippen molar-refractivity contribution in [3.8, 4) is 0 Å². The first-order valence-electron chi connectivity index (χ1n) is 3.37. The van der Waals surface area contributed by atoms with Crippen molar-refractivity contribution >= 4 is 17.7 Å². The second kappa shape index (κ2) is 4.01. The Hall–Kier alpha value is -2.40. The molecule has 0 fully saturated rings. The summed E-state index contributed by atoms with van der Waals surface area (Å²) in [5, 5.41) is 10.4. The van der Waals surface area contributed by atoms with Gasteiger partial charge >= 0.3 is 0 Å². The van der Waals surface area contributed by atoms with E-state index in [0.29, 0.717) is 0 Å². The molecule has 1 amide bonds. The lowest BCUT2D eigenvalue weighted by Crippen LogP contribution is -2.01. The van der Waals surface area contributed by atoms with Crippen molar-refractivity contribution in [2.45, 2.75) is 0 Å². The second-order valence-corrected chi connectivity index (χ2v) is 2.16. The van der Waals surface area contributed by atoms with Crippen LogP contribution in [-0.4, -0.2) is 21.9 Å². The monoisotopic (exact) mass is 193 g/mol. The Kier molecular flexibility index (Phi) is 2.78. The molecule has 0 saturated heterocycles. The first kappa shape index (κ1) is 9.69. The van der Waals surface area contributed by atoms with Crippen molar-refractivity contribution in [1.29, 1.82) is 0 Å². The maximum absolute atomic E-state index is 11.0. The van der Waals surface area contributed by atoms with Gasteiger partial charge in [-0.3, -0.25) is 19.9 Å². The molecule has 0 unspecified atom stereocenters. The SMILES string of the molecule is O=C=NC(=O)c1ccncc1[N+](=O)[O-]. The van der Waals surface area contributed by atoms with Gasteiger partial charge in [0.15, 0.2) is 0 Å². The van der Waals surface area contributed by atoms with Gasteiger partial charge in [-0.1, -0.05) is 0 Å². The number of carbonyl (C=O) groups is 1. The van der Waals surface area contributed by atoms with E-state index in [2.05, 4.69) is 9.98 Å². The molecule has 0 radical (unpaired) electrons. The lowest BCUT2D eigenvalue weighted by Gasteiger charge is -1.94. The van der Waals surface area contributed by atoms with Gasteiger partial charge in [-0.05, 0) is 6.07 Å². The molecule has 70 valence electrons. The Morgan fingerprint density at radius 2 is 2.36 bits per heavy atom. The van der Waals surface area contributed by atoms with Gasteiger partial charge in [-0.15, -0.1) is 4.99 Å². The average Bonchev–Trinajstić information content (AvgIpc) is 2.18. The number of rotatable bonds is 2. The smallest absolute Gasteiger partial charge is 0.266 e. The van der Waals surface area contributed by atoms with E-state index in [-0.39, 0.29) is 5.56 Å². The van der Waals surface area contributed by atoms with E-state index in [1.807, 2.05) is 0 Å². The minimum Gasteiger partial charge on any atom is -0.266 e. The van der Waals surface area contributed by atoms with Crippen LogP contribution in [0.1, 0.15) is 10.4 Å². The minimum atomic E-state index is -1.01. The number of aliphatic imine (C=N–C) groups is 1. The molecule has 1 aromatic heterocycles. The molecule has 0 bridgehead atoms. The molecule has 0 aliphatic heterocycles. The quantitative estimate of drug-likeness (QED) is 0.294. The fourth-order valence-corrected chi connectivity index (χ4v) is 0.814. The summed E-state index contributed by atoms with van der Waals surface area (Å²) in [7, 11) is 0. The summed E-state index contributed by atoms with van der Waals surface area (Å²) in [5.74, 6) is -1.01. The number of carbonyl (C=O) groups excluding carboxylic acids is 2. The Bertz CT molecular complexity index is 436. The van der Waals surface area contributed by atoms with Crippen LogP contribution >= 0.6 is 0 Å². The molecule has 0 aliphatic carbocycles. The van der Waals surface area contributed by atoms with Crippen LogP contribution in [0.15, 0.2) is 23.5 Å². The molecule has 0 N–H and O–H groups in total. The Morgan fingerprint density at radius 3 is 2.93 bits per heavy atom. The second-order valence-electron chi connectivity index (χ2n) is 2.16. The average molecular weight is 193 g/mol. The molecule has 7 heteroatoms. The number of aromatic nitrogens is 1. The standard InChI is InChI=1S/C7H3N3O4/c11-4-9-7(12)5-1-2-8-3-6(5)10(13)14/h1-3H. The molecule has 0 spiro atoms. The van der Waals surface area contributed by atoms with Gasteiger partial charge in [0.25, 0.3) is 11.6 Å². The number of isocyanates is 1. The van der Waals surface area contributed by atoms with E-state index in [1.165, 1.54) is 6.20 Å². The normalized spacial score (nSPS) is 8.86. The van der Waals surface area contributed by atoms with Crippen molar-refractivity contribution in [3.63, 3.8) is 0 Å². The number of amides is 1. The molecular formula is C7H3N3O4. The zero-order chi connectivity index (χ0) is 10.6. The Balaban J connectivity index is 3.26. The summed E-state index contributed by atoms with van der Waals surface area (Å²) in [4.78, 5) is 36.6. The van der Waals surface area contributed by atoms with E-state index in [4.69, 9.17) is 0 Å². The molecule has 0 saturated carbocycles. The largest absolute Gasteiger partial charge is 0.300 e. The number of nitrogens with zero attached hydrogens (tertiary/aromatic N) is 3. The molecule has 1 rings (SSSR count). The van der Waals surface area contributed by atoms with Gasteiger partial charge in [0, 0.05) is 6.20 Å². The fraction of sp³-hybridized carbons (Fsp3) is 0. The molecule has 1 aromatic rings. The molecule has 0 atom stereocenters. The van der Waals surface area contributed by atoms with Gasteiger partial charge in [0.1, 0.15) is 11.8 Å². The number of hydrogen-bond acceptors (Lipinski definition) is 5. The minimum absolute atomic E-state index is 0.284. The highest BCUT2D eigenvalue weighted by Crippen LogP contribution is 2.16. The third-order valence-electron chi connectivity index (χ3n) is 1.37. The van der Waals surface area contributed by atoms with Crippen LogP contribution in [-0.2, 0) is 4.79 Å². The van der Waals surface area contributed by atoms with E-state index in [0.717, 1.165) is 18.3 Å². The zero-order valence-corrected chi connectivity index (χ0v) is 6.71. The molecular weight excluding hydrogens is 190 g/mol. The van der Waals surface area contributed by atoms with Crippen molar-refractivity contribution < 1.29 is 14.5 Å². The van der Waals surface area contributed by atoms with E-state index < -0.39 is 16.5 Å². The highest BCUT2D eigenvalue weighted by molar-refractivity contribution is 6.00. The topological polar surface area (TPSA) is 103 Å². The number of hydrogen-bond donors (Lipinski definition) is 0. The lowest BCUT2D eigenvalue weighted by atomic mass is 10.2. The fourth-order valence-electron chi connectivity index (χ4n) is 0.814. The number of nitro groups is 1. The van der Waals surface area contributed by atoms with Gasteiger partial charge in [-0.25, -0.2) is 4.79 Å². The third-order valence-corrected chi connectivity index (χ3v) is 1.37. The summed E-state index contributed by atoms with van der Waals surface area (Å²) in [5.41, 5.74) is -0.773. The molecule has 0 aromatic carbocycles. The summed E-state index contributed by atoms with van der Waals surface area (Å²) in [6.45, 7) is 0. The van der Waals surface area contributed by atoms with Crippen molar-refractivity contribution in [2.75, 3.05) is 0 Å². The van der Waals surface area contributed by atoms with Gasteiger partial charge in [-0.2, -0.15) is 0 Å². The predicted molar refractivity (Wildman–Crippen MR) is 43.3 cm³/mol. The first-order valence-corrected chi connectivity index (χ1v) is 3.37. The van der Waals surface area contributed by atoms with Crippen molar-refractivity contribution in [3.05, 3.63) is 34.1 Å². The summed E-state index contributed by atoms with van der Waals surface area (Å²) < 4.78 is 0. The molecule has 0 aliphatic rings. The summed E-state index contributed by atoms with van der Waals surface area (Å²) in [6, 6.07) is 1.11. The van der Waals surface area contributed by atoms with Gasteiger partial charge < -0.3 is 0 Å². The maximum atomic E-state index is 11.0. The first-order chi connectivity index (χ1) is 6.66.